The van der Waals surface area contributed by atoms with Crippen LogP contribution in [0, 0.1) is 0 Å². The summed E-state index contributed by atoms with van der Waals surface area (Å²) in [5, 5.41) is 3.23. The smallest absolute Gasteiger partial charge is 0.173 e. The first-order valence-corrected chi connectivity index (χ1v) is 7.79. The van der Waals surface area contributed by atoms with Crippen molar-refractivity contribution in [1.82, 2.24) is 19.9 Å². The van der Waals surface area contributed by atoms with Crippen LogP contribution in [0.3, 0.4) is 0 Å². The monoisotopic (exact) mass is 337 g/mol. The highest BCUT2D eigenvalue weighted by atomic mass is 16.7. The molecule has 0 saturated heterocycles. The first-order chi connectivity index (χ1) is 12.3. The third-order valence-electron chi connectivity index (χ3n) is 3.60. The van der Waals surface area contributed by atoms with Gasteiger partial charge in [-0.05, 0) is 24.3 Å². The van der Waals surface area contributed by atoms with E-state index in [0.717, 1.165) is 16.8 Å². The van der Waals surface area contributed by atoms with Gasteiger partial charge in [0.1, 0.15) is 5.82 Å². The second kappa shape index (κ2) is 8.27. The lowest BCUT2D eigenvalue weighted by Gasteiger charge is -2.15. The number of methoxy groups -OCH3 is 2. The minimum absolute atomic E-state index is 0.360. The molecule has 3 heterocycles. The molecule has 0 radical (unpaired) electrons. The number of anilines is 1. The third-order valence-corrected chi connectivity index (χ3v) is 3.60. The van der Waals surface area contributed by atoms with Gasteiger partial charge in [0.2, 0.25) is 0 Å². The fraction of sp³-hybridized carbons (Fsp3) is 0.222. The normalized spacial score (nSPS) is 10.8. The zero-order valence-electron chi connectivity index (χ0n) is 14.1. The number of aromatic nitrogens is 4. The van der Waals surface area contributed by atoms with Gasteiger partial charge in [-0.2, -0.15) is 0 Å². The number of pyridine rings is 2. The van der Waals surface area contributed by atoms with Crippen LogP contribution in [0.15, 0.2) is 55.1 Å². The van der Waals surface area contributed by atoms with Crippen molar-refractivity contribution in [2.75, 3.05) is 26.1 Å². The molecular weight excluding hydrogens is 318 g/mol. The van der Waals surface area contributed by atoms with Gasteiger partial charge in [-0.3, -0.25) is 9.97 Å². The molecule has 0 fully saturated rings. The van der Waals surface area contributed by atoms with Crippen LogP contribution in [0.25, 0.3) is 22.6 Å². The van der Waals surface area contributed by atoms with Crippen molar-refractivity contribution in [2.24, 2.45) is 0 Å². The van der Waals surface area contributed by atoms with Gasteiger partial charge in [0, 0.05) is 56.2 Å². The summed E-state index contributed by atoms with van der Waals surface area (Å²) < 4.78 is 10.4. The van der Waals surface area contributed by atoms with Gasteiger partial charge in [-0.25, -0.2) is 9.97 Å². The summed E-state index contributed by atoms with van der Waals surface area (Å²) in [7, 11) is 3.19. The van der Waals surface area contributed by atoms with Crippen LogP contribution < -0.4 is 5.32 Å². The second-order valence-corrected chi connectivity index (χ2v) is 5.22. The zero-order chi connectivity index (χ0) is 17.5. The summed E-state index contributed by atoms with van der Waals surface area (Å²) in [5.74, 6) is 1.29. The molecule has 7 heteroatoms. The summed E-state index contributed by atoms with van der Waals surface area (Å²) in [4.78, 5) is 17.5. The molecule has 0 unspecified atom stereocenters. The Morgan fingerprint density at radius 3 is 2.44 bits per heavy atom. The van der Waals surface area contributed by atoms with Gasteiger partial charge >= 0.3 is 0 Å². The predicted octanol–water partition coefficient (Wildman–Crippen LogP) is 2.63. The van der Waals surface area contributed by atoms with Gasteiger partial charge in [0.05, 0.1) is 12.2 Å². The Kier molecular flexibility index (Phi) is 5.61. The molecule has 7 nitrogen and oxygen atoms in total. The van der Waals surface area contributed by atoms with Crippen LogP contribution in [0.4, 0.5) is 5.82 Å². The quantitative estimate of drug-likeness (QED) is 0.664. The van der Waals surface area contributed by atoms with Crippen molar-refractivity contribution in [3.05, 3.63) is 55.1 Å². The van der Waals surface area contributed by atoms with E-state index in [1.807, 2.05) is 30.3 Å². The molecule has 128 valence electrons. The Morgan fingerprint density at radius 2 is 1.76 bits per heavy atom. The van der Waals surface area contributed by atoms with Crippen LogP contribution in [-0.4, -0.2) is 47.0 Å². The molecule has 0 atom stereocenters. The number of hydrogen-bond donors (Lipinski definition) is 1. The largest absolute Gasteiger partial charge is 0.365 e. The molecule has 0 bridgehead atoms. The molecule has 3 rings (SSSR count). The van der Waals surface area contributed by atoms with Gasteiger partial charge in [-0.1, -0.05) is 0 Å². The molecule has 0 aromatic carbocycles. The minimum Gasteiger partial charge on any atom is -0.365 e. The van der Waals surface area contributed by atoms with E-state index in [1.165, 1.54) is 0 Å². The Bertz CT molecular complexity index is 737. The van der Waals surface area contributed by atoms with E-state index in [2.05, 4.69) is 25.3 Å². The molecule has 0 amide bonds. The number of nitrogens with one attached hydrogen (secondary N) is 1. The highest BCUT2D eigenvalue weighted by Crippen LogP contribution is 2.23. The van der Waals surface area contributed by atoms with Gasteiger partial charge < -0.3 is 14.8 Å². The molecule has 1 N–H and O–H groups in total. The van der Waals surface area contributed by atoms with Crippen LogP contribution in [0.5, 0.6) is 0 Å². The van der Waals surface area contributed by atoms with Gasteiger partial charge in [-0.15, -0.1) is 0 Å². The minimum atomic E-state index is -0.360. The molecule has 0 saturated carbocycles. The van der Waals surface area contributed by atoms with E-state index in [9.17, 15) is 0 Å². The fourth-order valence-corrected chi connectivity index (χ4v) is 2.28. The van der Waals surface area contributed by atoms with Crippen LogP contribution in [0.2, 0.25) is 0 Å². The topological polar surface area (TPSA) is 82.0 Å². The average Bonchev–Trinajstić information content (AvgIpc) is 2.70. The summed E-state index contributed by atoms with van der Waals surface area (Å²) in [6.07, 6.45) is 6.58. The number of ether oxygens (including phenoxy) is 2. The molecule has 0 aliphatic carbocycles. The summed E-state index contributed by atoms with van der Waals surface area (Å²) in [5.41, 5.74) is 2.58. The fourth-order valence-electron chi connectivity index (χ4n) is 2.28. The van der Waals surface area contributed by atoms with E-state index in [-0.39, 0.29) is 6.29 Å². The third kappa shape index (κ3) is 4.34. The first kappa shape index (κ1) is 16.9. The van der Waals surface area contributed by atoms with Crippen molar-refractivity contribution in [3.8, 4) is 22.6 Å². The molecule has 3 aromatic heterocycles. The van der Waals surface area contributed by atoms with E-state index < -0.39 is 0 Å². The molecule has 25 heavy (non-hydrogen) atoms. The van der Waals surface area contributed by atoms with Crippen LogP contribution in [0.1, 0.15) is 0 Å². The summed E-state index contributed by atoms with van der Waals surface area (Å²) in [6.45, 7) is 0.465. The SMILES string of the molecule is COC(CNc1cc(-c2cccnc2)nc(-c2ccncc2)n1)OC. The Balaban J connectivity index is 1.97. The molecule has 0 aliphatic heterocycles. The summed E-state index contributed by atoms with van der Waals surface area (Å²) in [6, 6.07) is 9.47. The van der Waals surface area contributed by atoms with Gasteiger partial charge in [0.25, 0.3) is 0 Å². The lowest BCUT2D eigenvalue weighted by atomic mass is 10.2. The number of nitrogens with zero attached hydrogens (tertiary/aromatic N) is 4. The van der Waals surface area contributed by atoms with Crippen LogP contribution >= 0.6 is 0 Å². The lowest BCUT2D eigenvalue weighted by Crippen LogP contribution is -2.24. The van der Waals surface area contributed by atoms with Gasteiger partial charge in [0.15, 0.2) is 12.1 Å². The van der Waals surface area contributed by atoms with Crippen molar-refractivity contribution in [2.45, 2.75) is 6.29 Å². The highest BCUT2D eigenvalue weighted by molar-refractivity contribution is 5.66. The van der Waals surface area contributed by atoms with Crippen LogP contribution in [-0.2, 0) is 9.47 Å². The van der Waals surface area contributed by atoms with Crippen molar-refractivity contribution in [1.29, 1.82) is 0 Å². The summed E-state index contributed by atoms with van der Waals surface area (Å²) >= 11 is 0. The predicted molar refractivity (Wildman–Crippen MR) is 94.8 cm³/mol. The maximum atomic E-state index is 5.20. The average molecular weight is 337 g/mol. The maximum Gasteiger partial charge on any atom is 0.173 e. The number of hydrogen-bond acceptors (Lipinski definition) is 7. The van der Waals surface area contributed by atoms with Crippen molar-refractivity contribution >= 4 is 5.82 Å². The van der Waals surface area contributed by atoms with E-state index >= 15 is 0 Å². The molecule has 0 spiro atoms. The Hall–Kier alpha value is -2.90. The zero-order valence-corrected chi connectivity index (χ0v) is 14.1. The highest BCUT2D eigenvalue weighted by Gasteiger charge is 2.11. The Morgan fingerprint density at radius 1 is 0.960 bits per heavy atom. The molecule has 0 aliphatic rings. The standard InChI is InChI=1S/C18H19N5O2/c1-24-17(25-2)12-21-16-10-15(14-4-3-7-20-11-14)22-18(23-16)13-5-8-19-9-6-13/h3-11,17H,12H2,1-2H3,(H,21,22,23). The molecular formula is C18H19N5O2. The molecule has 3 aromatic rings. The Labute approximate surface area is 146 Å². The lowest BCUT2D eigenvalue weighted by molar-refractivity contribution is -0.0914. The second-order valence-electron chi connectivity index (χ2n) is 5.22. The maximum absolute atomic E-state index is 5.20. The van der Waals surface area contributed by atoms with E-state index in [1.54, 1.807) is 39.0 Å². The van der Waals surface area contributed by atoms with E-state index in [0.29, 0.717) is 18.2 Å². The first-order valence-electron chi connectivity index (χ1n) is 7.79. The van der Waals surface area contributed by atoms with Crippen molar-refractivity contribution in [3.63, 3.8) is 0 Å². The van der Waals surface area contributed by atoms with Crippen molar-refractivity contribution < 1.29 is 9.47 Å². The number of rotatable bonds is 7. The van der Waals surface area contributed by atoms with E-state index in [4.69, 9.17) is 9.47 Å².